The van der Waals surface area contributed by atoms with Gasteiger partial charge >= 0.3 is 0 Å². The fourth-order valence-electron chi connectivity index (χ4n) is 2.37. The van der Waals surface area contributed by atoms with E-state index in [4.69, 9.17) is 0 Å². The highest BCUT2D eigenvalue weighted by Crippen LogP contribution is 2.15. The number of thiophene rings is 1. The first-order valence-electron chi connectivity index (χ1n) is 7.49. The maximum atomic E-state index is 12.9. The first kappa shape index (κ1) is 15.4. The standard InChI is InChI=1S/C19H18N2OS/c1-15-5-7-17(8-6-15)19(22)21(12-16-9-11-23-14-16)13-18-4-2-3-10-20-18/h2-11,14H,12-13H2,1H3. The molecule has 0 N–H and O–H groups in total. The number of nitrogens with zero attached hydrogens (tertiary/aromatic N) is 2. The highest BCUT2D eigenvalue weighted by molar-refractivity contribution is 7.07. The summed E-state index contributed by atoms with van der Waals surface area (Å²) in [5.74, 6) is 0.0295. The van der Waals surface area contributed by atoms with E-state index in [0.717, 1.165) is 16.8 Å². The minimum absolute atomic E-state index is 0.0295. The Morgan fingerprint density at radius 2 is 1.91 bits per heavy atom. The van der Waals surface area contributed by atoms with Gasteiger partial charge < -0.3 is 4.90 Å². The Hall–Kier alpha value is -2.46. The molecule has 0 aliphatic rings. The van der Waals surface area contributed by atoms with E-state index in [1.807, 2.05) is 59.7 Å². The van der Waals surface area contributed by atoms with Crippen LogP contribution in [0.15, 0.2) is 65.5 Å². The number of rotatable bonds is 5. The summed E-state index contributed by atoms with van der Waals surface area (Å²) >= 11 is 1.64. The molecule has 0 bridgehead atoms. The third kappa shape index (κ3) is 4.05. The smallest absolute Gasteiger partial charge is 0.254 e. The van der Waals surface area contributed by atoms with Crippen molar-refractivity contribution in [1.82, 2.24) is 9.88 Å². The van der Waals surface area contributed by atoms with Crippen molar-refractivity contribution < 1.29 is 4.79 Å². The van der Waals surface area contributed by atoms with Crippen molar-refractivity contribution in [2.24, 2.45) is 0 Å². The van der Waals surface area contributed by atoms with Crippen molar-refractivity contribution in [2.45, 2.75) is 20.0 Å². The van der Waals surface area contributed by atoms with Crippen LogP contribution >= 0.6 is 11.3 Å². The van der Waals surface area contributed by atoms with Crippen LogP contribution in [0.2, 0.25) is 0 Å². The average Bonchev–Trinajstić information content (AvgIpc) is 3.08. The molecule has 0 saturated heterocycles. The number of amides is 1. The summed E-state index contributed by atoms with van der Waals surface area (Å²) in [7, 11) is 0. The number of aromatic nitrogens is 1. The Bertz CT molecular complexity index is 752. The third-order valence-electron chi connectivity index (χ3n) is 3.62. The first-order chi connectivity index (χ1) is 11.2. The predicted octanol–water partition coefficient (Wildman–Crippen LogP) is 4.29. The van der Waals surface area contributed by atoms with Crippen LogP contribution in [0.3, 0.4) is 0 Å². The first-order valence-corrected chi connectivity index (χ1v) is 8.43. The Morgan fingerprint density at radius 3 is 2.57 bits per heavy atom. The van der Waals surface area contributed by atoms with E-state index in [2.05, 4.69) is 16.4 Å². The molecular formula is C19H18N2OS. The molecule has 1 aromatic carbocycles. The largest absolute Gasteiger partial charge is 0.328 e. The fraction of sp³-hybridized carbons (Fsp3) is 0.158. The van der Waals surface area contributed by atoms with Gasteiger partial charge in [-0.3, -0.25) is 9.78 Å². The summed E-state index contributed by atoms with van der Waals surface area (Å²) in [6.07, 6.45) is 1.76. The summed E-state index contributed by atoms with van der Waals surface area (Å²) in [6.45, 7) is 3.11. The van der Waals surface area contributed by atoms with Gasteiger partial charge in [0.2, 0.25) is 0 Å². The lowest BCUT2D eigenvalue weighted by atomic mass is 10.1. The summed E-state index contributed by atoms with van der Waals surface area (Å²) < 4.78 is 0. The number of hydrogen-bond donors (Lipinski definition) is 0. The van der Waals surface area contributed by atoms with Gasteiger partial charge in [-0.15, -0.1) is 0 Å². The summed E-state index contributed by atoms with van der Waals surface area (Å²) in [5, 5.41) is 4.11. The second-order valence-electron chi connectivity index (χ2n) is 5.48. The fourth-order valence-corrected chi connectivity index (χ4v) is 3.03. The lowest BCUT2D eigenvalue weighted by molar-refractivity contribution is 0.0728. The minimum atomic E-state index is 0.0295. The number of hydrogen-bond acceptors (Lipinski definition) is 3. The zero-order valence-electron chi connectivity index (χ0n) is 13.0. The van der Waals surface area contributed by atoms with E-state index in [0.29, 0.717) is 18.7 Å². The lowest BCUT2D eigenvalue weighted by Crippen LogP contribution is -2.30. The summed E-state index contributed by atoms with van der Waals surface area (Å²) in [6, 6.07) is 15.5. The van der Waals surface area contributed by atoms with Gasteiger partial charge in [-0.1, -0.05) is 23.8 Å². The normalized spacial score (nSPS) is 10.5. The van der Waals surface area contributed by atoms with Crippen molar-refractivity contribution in [2.75, 3.05) is 0 Å². The van der Waals surface area contributed by atoms with Crippen molar-refractivity contribution in [3.05, 3.63) is 87.9 Å². The molecule has 2 aromatic heterocycles. The van der Waals surface area contributed by atoms with E-state index in [1.165, 1.54) is 0 Å². The van der Waals surface area contributed by atoms with Crippen LogP contribution in [0.1, 0.15) is 27.2 Å². The van der Waals surface area contributed by atoms with Gasteiger partial charge in [-0.25, -0.2) is 0 Å². The van der Waals surface area contributed by atoms with Gasteiger partial charge in [-0.2, -0.15) is 11.3 Å². The van der Waals surface area contributed by atoms with Crippen LogP contribution in [0.4, 0.5) is 0 Å². The number of carbonyl (C=O) groups excluding carboxylic acids is 1. The maximum absolute atomic E-state index is 12.9. The van der Waals surface area contributed by atoms with E-state index in [-0.39, 0.29) is 5.91 Å². The van der Waals surface area contributed by atoms with E-state index in [1.54, 1.807) is 17.5 Å². The Kier molecular flexibility index (Phi) is 4.83. The van der Waals surface area contributed by atoms with Gasteiger partial charge in [-0.05, 0) is 53.6 Å². The van der Waals surface area contributed by atoms with Crippen LogP contribution in [0.25, 0.3) is 0 Å². The van der Waals surface area contributed by atoms with Crippen molar-refractivity contribution in [3.8, 4) is 0 Å². The third-order valence-corrected chi connectivity index (χ3v) is 4.35. The second-order valence-corrected chi connectivity index (χ2v) is 6.26. The number of pyridine rings is 1. The number of carbonyl (C=O) groups is 1. The molecule has 23 heavy (non-hydrogen) atoms. The zero-order valence-corrected chi connectivity index (χ0v) is 13.8. The van der Waals surface area contributed by atoms with Crippen LogP contribution < -0.4 is 0 Å². The molecule has 0 aliphatic carbocycles. The van der Waals surface area contributed by atoms with Gasteiger partial charge in [0.1, 0.15) is 0 Å². The van der Waals surface area contributed by atoms with E-state index >= 15 is 0 Å². The molecular weight excluding hydrogens is 304 g/mol. The Labute approximate surface area is 140 Å². The molecule has 0 aliphatic heterocycles. The maximum Gasteiger partial charge on any atom is 0.254 e. The molecule has 0 radical (unpaired) electrons. The molecule has 0 spiro atoms. The second kappa shape index (κ2) is 7.20. The molecule has 4 heteroatoms. The quantitative estimate of drug-likeness (QED) is 0.702. The summed E-state index contributed by atoms with van der Waals surface area (Å²) in [4.78, 5) is 19.1. The Morgan fingerprint density at radius 1 is 1.09 bits per heavy atom. The molecule has 3 rings (SSSR count). The monoisotopic (exact) mass is 322 g/mol. The molecule has 0 unspecified atom stereocenters. The van der Waals surface area contributed by atoms with E-state index < -0.39 is 0 Å². The molecule has 2 heterocycles. The predicted molar refractivity (Wildman–Crippen MR) is 93.3 cm³/mol. The summed E-state index contributed by atoms with van der Waals surface area (Å²) in [5.41, 5.74) is 3.90. The highest BCUT2D eigenvalue weighted by Gasteiger charge is 2.17. The lowest BCUT2D eigenvalue weighted by Gasteiger charge is -2.22. The highest BCUT2D eigenvalue weighted by atomic mass is 32.1. The average molecular weight is 322 g/mol. The zero-order chi connectivity index (χ0) is 16.1. The van der Waals surface area contributed by atoms with Crippen molar-refractivity contribution in [1.29, 1.82) is 0 Å². The van der Waals surface area contributed by atoms with Gasteiger partial charge in [0.15, 0.2) is 0 Å². The van der Waals surface area contributed by atoms with Gasteiger partial charge in [0.05, 0.1) is 12.2 Å². The van der Waals surface area contributed by atoms with Crippen molar-refractivity contribution in [3.63, 3.8) is 0 Å². The van der Waals surface area contributed by atoms with Crippen LogP contribution in [0.5, 0.6) is 0 Å². The molecule has 3 aromatic rings. The molecule has 0 atom stereocenters. The number of aryl methyl sites for hydroxylation is 1. The van der Waals surface area contributed by atoms with Crippen LogP contribution in [0, 0.1) is 6.92 Å². The molecule has 1 amide bonds. The molecule has 0 fully saturated rings. The molecule has 3 nitrogen and oxygen atoms in total. The van der Waals surface area contributed by atoms with Gasteiger partial charge in [0.25, 0.3) is 5.91 Å². The minimum Gasteiger partial charge on any atom is -0.328 e. The molecule has 0 saturated carbocycles. The topological polar surface area (TPSA) is 33.2 Å². The van der Waals surface area contributed by atoms with E-state index in [9.17, 15) is 4.79 Å². The number of benzene rings is 1. The Balaban J connectivity index is 1.84. The van der Waals surface area contributed by atoms with Crippen molar-refractivity contribution >= 4 is 17.2 Å². The van der Waals surface area contributed by atoms with Crippen LogP contribution in [-0.4, -0.2) is 15.8 Å². The van der Waals surface area contributed by atoms with Gasteiger partial charge in [0, 0.05) is 18.3 Å². The SMILES string of the molecule is Cc1ccc(C(=O)N(Cc2ccsc2)Cc2ccccn2)cc1. The van der Waals surface area contributed by atoms with Crippen LogP contribution in [-0.2, 0) is 13.1 Å². The molecule has 116 valence electrons.